The molecule has 1 aromatic carbocycles. The lowest BCUT2D eigenvalue weighted by atomic mass is 10.2. The lowest BCUT2D eigenvalue weighted by Crippen LogP contribution is -2.36. The number of carbonyl (C=O) groups is 1. The Balaban J connectivity index is 1.33. The third-order valence-electron chi connectivity index (χ3n) is 4.63. The fourth-order valence-electron chi connectivity index (χ4n) is 3.11. The maximum Gasteiger partial charge on any atom is 0.226 e. The molecular formula is C21H21ClN4O2S. The summed E-state index contributed by atoms with van der Waals surface area (Å²) in [6.45, 7) is 3.56. The Labute approximate surface area is 178 Å². The van der Waals surface area contributed by atoms with E-state index in [2.05, 4.69) is 20.2 Å². The molecule has 0 bridgehead atoms. The predicted molar refractivity (Wildman–Crippen MR) is 115 cm³/mol. The summed E-state index contributed by atoms with van der Waals surface area (Å²) < 4.78 is 5.38. The third kappa shape index (κ3) is 5.12. The number of hydrogen-bond acceptors (Lipinski definition) is 6. The number of hydrogen-bond donors (Lipinski definition) is 1. The number of nitrogens with zero attached hydrogens (tertiary/aromatic N) is 3. The molecule has 0 saturated carbocycles. The standard InChI is InChI=1S/C21H21ClN4O2S/c22-18-4-2-1-3-17(18)21-25-16(14-29-21)12-20(27)24-13-15-5-6-23-19(11-15)26-7-9-28-10-8-26/h1-6,11,14H,7-10,12-13H2,(H,24,27). The zero-order valence-electron chi connectivity index (χ0n) is 15.8. The van der Waals surface area contributed by atoms with Crippen molar-refractivity contribution in [2.75, 3.05) is 31.2 Å². The fraction of sp³-hybridized carbons (Fsp3) is 0.286. The van der Waals surface area contributed by atoms with Crippen LogP contribution in [-0.4, -0.2) is 42.2 Å². The molecule has 29 heavy (non-hydrogen) atoms. The molecule has 3 aromatic rings. The average Bonchev–Trinajstić information content (AvgIpc) is 3.21. The molecule has 0 spiro atoms. The number of pyridine rings is 1. The number of halogens is 1. The summed E-state index contributed by atoms with van der Waals surface area (Å²) in [5.74, 6) is 0.856. The van der Waals surface area contributed by atoms with Gasteiger partial charge in [0, 0.05) is 36.8 Å². The van der Waals surface area contributed by atoms with Crippen LogP contribution in [-0.2, 0) is 22.5 Å². The van der Waals surface area contributed by atoms with E-state index in [1.165, 1.54) is 11.3 Å². The van der Waals surface area contributed by atoms with Crippen molar-refractivity contribution >= 4 is 34.7 Å². The smallest absolute Gasteiger partial charge is 0.226 e. The number of amides is 1. The van der Waals surface area contributed by atoms with E-state index < -0.39 is 0 Å². The van der Waals surface area contributed by atoms with Gasteiger partial charge in [0.1, 0.15) is 10.8 Å². The van der Waals surface area contributed by atoms with E-state index >= 15 is 0 Å². The Morgan fingerprint density at radius 3 is 2.90 bits per heavy atom. The molecule has 2 aromatic heterocycles. The normalized spacial score (nSPS) is 14.0. The summed E-state index contributed by atoms with van der Waals surface area (Å²) in [4.78, 5) is 23.6. The van der Waals surface area contributed by atoms with Gasteiger partial charge in [0.05, 0.1) is 30.4 Å². The largest absolute Gasteiger partial charge is 0.378 e. The molecule has 0 aliphatic carbocycles. The average molecular weight is 429 g/mol. The van der Waals surface area contributed by atoms with Crippen LogP contribution in [0.5, 0.6) is 0 Å². The van der Waals surface area contributed by atoms with Gasteiger partial charge in [-0.25, -0.2) is 9.97 Å². The lowest BCUT2D eigenvalue weighted by Gasteiger charge is -2.28. The molecule has 8 heteroatoms. The van der Waals surface area contributed by atoms with Gasteiger partial charge >= 0.3 is 0 Å². The zero-order valence-corrected chi connectivity index (χ0v) is 17.4. The molecule has 0 radical (unpaired) electrons. The van der Waals surface area contributed by atoms with Crippen molar-refractivity contribution in [3.05, 3.63) is 64.3 Å². The zero-order chi connectivity index (χ0) is 20.1. The van der Waals surface area contributed by atoms with Crippen LogP contribution in [0, 0.1) is 0 Å². The van der Waals surface area contributed by atoms with Crippen LogP contribution >= 0.6 is 22.9 Å². The van der Waals surface area contributed by atoms with E-state index in [4.69, 9.17) is 16.3 Å². The van der Waals surface area contributed by atoms with Gasteiger partial charge < -0.3 is 15.0 Å². The van der Waals surface area contributed by atoms with Gasteiger partial charge in [0.2, 0.25) is 5.91 Å². The van der Waals surface area contributed by atoms with Crippen molar-refractivity contribution in [3.8, 4) is 10.6 Å². The summed E-state index contributed by atoms with van der Waals surface area (Å²) in [6.07, 6.45) is 2.02. The van der Waals surface area contributed by atoms with Gasteiger partial charge in [-0.2, -0.15) is 0 Å². The van der Waals surface area contributed by atoms with E-state index in [0.717, 1.165) is 40.7 Å². The number of morpholine rings is 1. The van der Waals surface area contributed by atoms with Crippen molar-refractivity contribution < 1.29 is 9.53 Å². The second-order valence-electron chi connectivity index (χ2n) is 6.70. The molecule has 1 aliphatic heterocycles. The highest BCUT2D eigenvalue weighted by Gasteiger charge is 2.14. The van der Waals surface area contributed by atoms with Crippen molar-refractivity contribution in [1.82, 2.24) is 15.3 Å². The molecule has 6 nitrogen and oxygen atoms in total. The highest BCUT2D eigenvalue weighted by atomic mass is 35.5. The number of thiazole rings is 1. The first-order chi connectivity index (χ1) is 14.2. The van der Waals surface area contributed by atoms with Gasteiger partial charge in [-0.05, 0) is 23.8 Å². The van der Waals surface area contributed by atoms with E-state index in [1.54, 1.807) is 6.20 Å². The second-order valence-corrected chi connectivity index (χ2v) is 7.96. The van der Waals surface area contributed by atoms with Crippen LogP contribution in [0.4, 0.5) is 5.82 Å². The molecule has 1 amide bonds. The Hall–Kier alpha value is -2.48. The van der Waals surface area contributed by atoms with Crippen LogP contribution in [0.25, 0.3) is 10.6 Å². The van der Waals surface area contributed by atoms with Crippen LogP contribution < -0.4 is 10.2 Å². The minimum Gasteiger partial charge on any atom is -0.378 e. The number of carbonyl (C=O) groups excluding carboxylic acids is 1. The second kappa shape index (κ2) is 9.35. The molecule has 0 atom stereocenters. The van der Waals surface area contributed by atoms with Crippen molar-refractivity contribution in [1.29, 1.82) is 0 Å². The van der Waals surface area contributed by atoms with Gasteiger partial charge in [-0.15, -0.1) is 11.3 Å². The predicted octanol–water partition coefficient (Wildman–Crippen LogP) is 3.55. The summed E-state index contributed by atoms with van der Waals surface area (Å²) in [6, 6.07) is 11.5. The van der Waals surface area contributed by atoms with Gasteiger partial charge in [-0.1, -0.05) is 29.8 Å². The molecule has 1 aliphatic rings. The molecule has 1 saturated heterocycles. The molecule has 3 heterocycles. The van der Waals surface area contributed by atoms with Crippen molar-refractivity contribution in [2.45, 2.75) is 13.0 Å². The number of ether oxygens (including phenoxy) is 1. The molecule has 4 rings (SSSR count). The summed E-state index contributed by atoms with van der Waals surface area (Å²) in [7, 11) is 0. The first kappa shape index (κ1) is 19.8. The van der Waals surface area contributed by atoms with Crippen LogP contribution in [0.1, 0.15) is 11.3 Å². The number of rotatable bonds is 6. The maximum absolute atomic E-state index is 12.4. The fourth-order valence-corrected chi connectivity index (χ4v) is 4.25. The number of anilines is 1. The third-order valence-corrected chi connectivity index (χ3v) is 5.89. The van der Waals surface area contributed by atoms with Gasteiger partial charge in [-0.3, -0.25) is 4.79 Å². The molecule has 1 fully saturated rings. The first-order valence-electron chi connectivity index (χ1n) is 9.42. The number of nitrogens with one attached hydrogen (secondary N) is 1. The topological polar surface area (TPSA) is 67.4 Å². The molecular weight excluding hydrogens is 408 g/mol. The Morgan fingerprint density at radius 2 is 2.07 bits per heavy atom. The Morgan fingerprint density at radius 1 is 1.24 bits per heavy atom. The van der Waals surface area contributed by atoms with Gasteiger partial charge in [0.25, 0.3) is 0 Å². The van der Waals surface area contributed by atoms with Gasteiger partial charge in [0.15, 0.2) is 0 Å². The van der Waals surface area contributed by atoms with Crippen molar-refractivity contribution in [3.63, 3.8) is 0 Å². The van der Waals surface area contributed by atoms with Crippen LogP contribution in [0.15, 0.2) is 48.0 Å². The monoisotopic (exact) mass is 428 g/mol. The van der Waals surface area contributed by atoms with E-state index in [1.807, 2.05) is 41.8 Å². The lowest BCUT2D eigenvalue weighted by molar-refractivity contribution is -0.120. The van der Waals surface area contributed by atoms with Crippen LogP contribution in [0.2, 0.25) is 5.02 Å². The number of aromatic nitrogens is 2. The minimum absolute atomic E-state index is 0.0641. The quantitative estimate of drug-likeness (QED) is 0.650. The summed E-state index contributed by atoms with van der Waals surface area (Å²) >= 11 is 7.72. The van der Waals surface area contributed by atoms with E-state index in [9.17, 15) is 4.79 Å². The van der Waals surface area contributed by atoms with Crippen LogP contribution in [0.3, 0.4) is 0 Å². The SMILES string of the molecule is O=C(Cc1csc(-c2ccccc2Cl)n1)NCc1ccnc(N2CCOCC2)c1. The Kier molecular flexibility index (Phi) is 6.39. The Bertz CT molecular complexity index is 988. The first-order valence-corrected chi connectivity index (χ1v) is 10.7. The highest BCUT2D eigenvalue weighted by Crippen LogP contribution is 2.30. The summed E-state index contributed by atoms with van der Waals surface area (Å²) in [5, 5.41) is 6.35. The highest BCUT2D eigenvalue weighted by molar-refractivity contribution is 7.13. The minimum atomic E-state index is -0.0641. The van der Waals surface area contributed by atoms with E-state index in [-0.39, 0.29) is 12.3 Å². The maximum atomic E-state index is 12.4. The molecule has 1 N–H and O–H groups in total. The molecule has 150 valence electrons. The summed E-state index contributed by atoms with van der Waals surface area (Å²) in [5.41, 5.74) is 2.65. The molecule has 0 unspecified atom stereocenters. The number of benzene rings is 1. The van der Waals surface area contributed by atoms with E-state index in [0.29, 0.717) is 24.8 Å². The van der Waals surface area contributed by atoms with Crippen molar-refractivity contribution in [2.24, 2.45) is 0 Å².